The van der Waals surface area contributed by atoms with Crippen molar-refractivity contribution in [3.8, 4) is 5.75 Å². The number of aryl methyl sites for hydroxylation is 2. The number of pyridine rings is 1. The lowest BCUT2D eigenvalue weighted by Gasteiger charge is -2.11. The van der Waals surface area contributed by atoms with E-state index in [4.69, 9.17) is 4.74 Å². The highest BCUT2D eigenvalue weighted by Gasteiger charge is 2.10. The largest absolute Gasteiger partial charge is 0.496 e. The highest BCUT2D eigenvalue weighted by Crippen LogP contribution is 2.20. The molecule has 1 amide bonds. The standard InChI is InChI=1S/C22H23N3O2/c1-15-8-9-16(2)20(12-15)25-22(26)19-11-10-18(14-24-19)23-13-17-6-4-5-7-21(17)27-3/h4-12,14,23H,13H2,1-3H3,(H,25,26). The zero-order chi connectivity index (χ0) is 19.2. The molecule has 0 saturated heterocycles. The Bertz CT molecular complexity index is 937. The number of benzene rings is 2. The SMILES string of the molecule is COc1ccccc1CNc1ccc(C(=O)Nc2cc(C)ccc2C)nc1. The van der Waals surface area contributed by atoms with Gasteiger partial charge in [-0.05, 0) is 49.2 Å². The molecule has 0 fully saturated rings. The fourth-order valence-electron chi connectivity index (χ4n) is 2.74. The van der Waals surface area contributed by atoms with E-state index >= 15 is 0 Å². The summed E-state index contributed by atoms with van der Waals surface area (Å²) < 4.78 is 5.35. The average molecular weight is 361 g/mol. The van der Waals surface area contributed by atoms with E-state index < -0.39 is 0 Å². The smallest absolute Gasteiger partial charge is 0.274 e. The van der Waals surface area contributed by atoms with E-state index in [1.807, 2.05) is 62.4 Å². The molecule has 0 bridgehead atoms. The maximum absolute atomic E-state index is 12.4. The summed E-state index contributed by atoms with van der Waals surface area (Å²) in [5.41, 5.74) is 5.18. The van der Waals surface area contributed by atoms with Crippen molar-refractivity contribution >= 4 is 17.3 Å². The number of amides is 1. The Kier molecular flexibility index (Phi) is 5.71. The van der Waals surface area contributed by atoms with Gasteiger partial charge in [0.2, 0.25) is 0 Å². The van der Waals surface area contributed by atoms with E-state index in [1.165, 1.54) is 0 Å². The molecule has 2 aromatic carbocycles. The predicted molar refractivity (Wildman–Crippen MR) is 108 cm³/mol. The van der Waals surface area contributed by atoms with Crippen LogP contribution in [0.5, 0.6) is 5.75 Å². The number of carbonyl (C=O) groups excluding carboxylic acids is 1. The number of aromatic nitrogens is 1. The molecule has 0 aliphatic rings. The summed E-state index contributed by atoms with van der Waals surface area (Å²) in [6.45, 7) is 4.57. The Balaban J connectivity index is 1.64. The van der Waals surface area contributed by atoms with E-state index in [-0.39, 0.29) is 5.91 Å². The van der Waals surface area contributed by atoms with Gasteiger partial charge in [0.25, 0.3) is 5.91 Å². The third-order valence-corrected chi connectivity index (χ3v) is 4.31. The van der Waals surface area contributed by atoms with Gasteiger partial charge in [0.05, 0.1) is 19.0 Å². The van der Waals surface area contributed by atoms with Crippen LogP contribution < -0.4 is 15.4 Å². The number of nitrogens with one attached hydrogen (secondary N) is 2. The van der Waals surface area contributed by atoms with Gasteiger partial charge in [0, 0.05) is 17.8 Å². The highest BCUT2D eigenvalue weighted by molar-refractivity contribution is 6.03. The molecule has 0 aliphatic heterocycles. The Morgan fingerprint density at radius 2 is 1.89 bits per heavy atom. The fourth-order valence-corrected chi connectivity index (χ4v) is 2.74. The van der Waals surface area contributed by atoms with Gasteiger partial charge in [0.15, 0.2) is 0 Å². The van der Waals surface area contributed by atoms with E-state index in [1.54, 1.807) is 19.4 Å². The number of rotatable bonds is 6. The Hall–Kier alpha value is -3.34. The van der Waals surface area contributed by atoms with Crippen molar-refractivity contribution < 1.29 is 9.53 Å². The number of ether oxygens (including phenoxy) is 1. The van der Waals surface area contributed by atoms with Gasteiger partial charge in [0.1, 0.15) is 11.4 Å². The Morgan fingerprint density at radius 3 is 2.63 bits per heavy atom. The molecule has 3 aromatic rings. The van der Waals surface area contributed by atoms with E-state index in [0.717, 1.165) is 33.8 Å². The van der Waals surface area contributed by atoms with Crippen LogP contribution in [0.3, 0.4) is 0 Å². The van der Waals surface area contributed by atoms with Gasteiger partial charge in [-0.15, -0.1) is 0 Å². The molecule has 3 rings (SSSR count). The number of carbonyl (C=O) groups is 1. The summed E-state index contributed by atoms with van der Waals surface area (Å²) in [5.74, 6) is 0.613. The Labute approximate surface area is 159 Å². The molecule has 0 spiro atoms. The summed E-state index contributed by atoms with van der Waals surface area (Å²) in [5, 5.41) is 6.22. The quantitative estimate of drug-likeness (QED) is 0.675. The lowest BCUT2D eigenvalue weighted by atomic mass is 10.1. The summed E-state index contributed by atoms with van der Waals surface area (Å²) in [6, 6.07) is 17.4. The Morgan fingerprint density at radius 1 is 1.07 bits per heavy atom. The van der Waals surface area contributed by atoms with Crippen LogP contribution >= 0.6 is 0 Å². The average Bonchev–Trinajstić information content (AvgIpc) is 2.69. The summed E-state index contributed by atoms with van der Waals surface area (Å²) in [6.07, 6.45) is 1.66. The van der Waals surface area contributed by atoms with E-state index in [2.05, 4.69) is 15.6 Å². The maximum atomic E-state index is 12.4. The summed E-state index contributed by atoms with van der Waals surface area (Å²) >= 11 is 0. The monoisotopic (exact) mass is 361 g/mol. The van der Waals surface area contributed by atoms with Crippen molar-refractivity contribution in [3.05, 3.63) is 83.2 Å². The number of hydrogen-bond acceptors (Lipinski definition) is 4. The molecule has 0 radical (unpaired) electrons. The highest BCUT2D eigenvalue weighted by atomic mass is 16.5. The van der Waals surface area contributed by atoms with Gasteiger partial charge >= 0.3 is 0 Å². The molecule has 27 heavy (non-hydrogen) atoms. The number of hydrogen-bond donors (Lipinski definition) is 2. The minimum Gasteiger partial charge on any atom is -0.496 e. The van der Waals surface area contributed by atoms with Gasteiger partial charge in [-0.25, -0.2) is 4.98 Å². The molecule has 1 aromatic heterocycles. The lowest BCUT2D eigenvalue weighted by Crippen LogP contribution is -2.14. The van der Waals surface area contributed by atoms with Crippen molar-refractivity contribution in [3.63, 3.8) is 0 Å². The molecule has 0 aliphatic carbocycles. The first-order valence-electron chi connectivity index (χ1n) is 8.77. The van der Waals surface area contributed by atoms with Crippen LogP contribution in [-0.4, -0.2) is 18.0 Å². The third-order valence-electron chi connectivity index (χ3n) is 4.31. The van der Waals surface area contributed by atoms with Crippen LogP contribution in [0.25, 0.3) is 0 Å². The molecule has 0 unspecified atom stereocenters. The van der Waals surface area contributed by atoms with Crippen molar-refractivity contribution in [1.82, 2.24) is 4.98 Å². The second kappa shape index (κ2) is 8.36. The zero-order valence-electron chi connectivity index (χ0n) is 15.7. The van der Waals surface area contributed by atoms with Crippen molar-refractivity contribution in [2.75, 3.05) is 17.7 Å². The van der Waals surface area contributed by atoms with Crippen LogP contribution in [0, 0.1) is 13.8 Å². The first-order chi connectivity index (χ1) is 13.1. The molecular formula is C22H23N3O2. The zero-order valence-corrected chi connectivity index (χ0v) is 15.7. The van der Waals surface area contributed by atoms with E-state index in [9.17, 15) is 4.79 Å². The van der Waals surface area contributed by atoms with Crippen molar-refractivity contribution in [2.45, 2.75) is 20.4 Å². The molecule has 5 heteroatoms. The molecular weight excluding hydrogens is 338 g/mol. The molecule has 5 nitrogen and oxygen atoms in total. The first-order valence-corrected chi connectivity index (χ1v) is 8.77. The lowest BCUT2D eigenvalue weighted by molar-refractivity contribution is 0.102. The van der Waals surface area contributed by atoms with Gasteiger partial charge in [-0.1, -0.05) is 30.3 Å². The van der Waals surface area contributed by atoms with Gasteiger partial charge in [-0.3, -0.25) is 4.79 Å². The second-order valence-electron chi connectivity index (χ2n) is 6.37. The van der Waals surface area contributed by atoms with Crippen molar-refractivity contribution in [2.24, 2.45) is 0 Å². The number of para-hydroxylation sites is 1. The van der Waals surface area contributed by atoms with Gasteiger partial charge in [-0.2, -0.15) is 0 Å². The van der Waals surface area contributed by atoms with Gasteiger partial charge < -0.3 is 15.4 Å². The van der Waals surface area contributed by atoms with Crippen LogP contribution in [0.2, 0.25) is 0 Å². The summed E-state index contributed by atoms with van der Waals surface area (Å²) in [7, 11) is 1.66. The first kappa shape index (κ1) is 18.5. The van der Waals surface area contributed by atoms with Crippen LogP contribution in [0.15, 0.2) is 60.8 Å². The molecule has 2 N–H and O–H groups in total. The molecule has 0 saturated carbocycles. The number of anilines is 2. The topological polar surface area (TPSA) is 63.2 Å². The van der Waals surface area contributed by atoms with Crippen LogP contribution in [0.4, 0.5) is 11.4 Å². The fraction of sp³-hybridized carbons (Fsp3) is 0.182. The normalized spacial score (nSPS) is 10.3. The maximum Gasteiger partial charge on any atom is 0.274 e. The van der Waals surface area contributed by atoms with E-state index in [0.29, 0.717) is 12.2 Å². The minimum atomic E-state index is -0.222. The predicted octanol–water partition coefficient (Wildman–Crippen LogP) is 4.57. The third kappa shape index (κ3) is 4.64. The summed E-state index contributed by atoms with van der Waals surface area (Å²) in [4.78, 5) is 16.7. The molecule has 138 valence electrons. The minimum absolute atomic E-state index is 0.222. The molecule has 0 atom stereocenters. The van der Waals surface area contributed by atoms with Crippen LogP contribution in [0.1, 0.15) is 27.2 Å². The van der Waals surface area contributed by atoms with Crippen molar-refractivity contribution in [1.29, 1.82) is 0 Å². The van der Waals surface area contributed by atoms with Crippen LogP contribution in [-0.2, 0) is 6.54 Å². The number of methoxy groups -OCH3 is 1. The second-order valence-corrected chi connectivity index (χ2v) is 6.37. The number of nitrogens with zero attached hydrogens (tertiary/aromatic N) is 1. The molecule has 1 heterocycles.